The van der Waals surface area contributed by atoms with Crippen molar-refractivity contribution in [2.45, 2.75) is 44.6 Å². The molecule has 1 saturated carbocycles. The van der Waals surface area contributed by atoms with Gasteiger partial charge in [0.25, 0.3) is 0 Å². The van der Waals surface area contributed by atoms with Crippen LogP contribution in [0.25, 0.3) is 0 Å². The van der Waals surface area contributed by atoms with Gasteiger partial charge in [0.1, 0.15) is 0 Å². The highest BCUT2D eigenvalue weighted by Crippen LogP contribution is 2.22. The van der Waals surface area contributed by atoms with Crippen LogP contribution in [0.3, 0.4) is 0 Å². The van der Waals surface area contributed by atoms with Crippen molar-refractivity contribution >= 4 is 17.2 Å². The first-order valence-corrected chi connectivity index (χ1v) is 6.56. The standard InChI is InChI=1S/C11H19N5S/c1-15(9-6-4-3-5-7-9)11(17)8-10-12-13-14-16(10)2/h9H,3-8H2,1-2H3. The molecule has 0 radical (unpaired) electrons. The zero-order chi connectivity index (χ0) is 12.3. The maximum absolute atomic E-state index is 5.48. The van der Waals surface area contributed by atoms with Crippen molar-refractivity contribution in [3.8, 4) is 0 Å². The molecule has 0 aromatic carbocycles. The van der Waals surface area contributed by atoms with Gasteiger partial charge in [-0.25, -0.2) is 4.68 Å². The Morgan fingerprint density at radius 3 is 2.71 bits per heavy atom. The Morgan fingerprint density at radius 1 is 1.41 bits per heavy atom. The third kappa shape index (κ3) is 3.00. The van der Waals surface area contributed by atoms with Crippen molar-refractivity contribution in [3.63, 3.8) is 0 Å². The van der Waals surface area contributed by atoms with Crippen molar-refractivity contribution in [1.29, 1.82) is 0 Å². The van der Waals surface area contributed by atoms with Gasteiger partial charge in [-0.2, -0.15) is 0 Å². The van der Waals surface area contributed by atoms with Gasteiger partial charge in [-0.3, -0.25) is 0 Å². The number of likely N-dealkylation sites (N-methyl/N-ethyl adjacent to an activating group) is 1. The second-order valence-electron chi connectivity index (χ2n) is 4.69. The SMILES string of the molecule is CN(C(=S)Cc1nnnn1C)C1CCCCC1. The van der Waals surface area contributed by atoms with Crippen molar-refractivity contribution in [2.75, 3.05) is 7.05 Å². The van der Waals surface area contributed by atoms with E-state index in [1.165, 1.54) is 32.1 Å². The average molecular weight is 253 g/mol. The zero-order valence-electron chi connectivity index (χ0n) is 10.5. The number of tetrazole rings is 1. The lowest BCUT2D eigenvalue weighted by Crippen LogP contribution is -2.38. The lowest BCUT2D eigenvalue weighted by atomic mass is 9.94. The van der Waals surface area contributed by atoms with E-state index in [0.717, 1.165) is 10.8 Å². The summed E-state index contributed by atoms with van der Waals surface area (Å²) in [6.07, 6.45) is 7.18. The molecule has 94 valence electrons. The van der Waals surface area contributed by atoms with E-state index in [-0.39, 0.29) is 0 Å². The molecular formula is C11H19N5S. The average Bonchev–Trinajstić information content (AvgIpc) is 2.75. The highest BCUT2D eigenvalue weighted by Gasteiger charge is 2.20. The molecule has 0 spiro atoms. The largest absolute Gasteiger partial charge is 0.366 e. The van der Waals surface area contributed by atoms with Gasteiger partial charge in [-0.15, -0.1) is 5.10 Å². The van der Waals surface area contributed by atoms with Gasteiger partial charge in [-0.1, -0.05) is 31.5 Å². The monoisotopic (exact) mass is 253 g/mol. The van der Waals surface area contributed by atoms with Crippen LogP contribution in [-0.2, 0) is 13.5 Å². The van der Waals surface area contributed by atoms with E-state index in [2.05, 4.69) is 27.5 Å². The molecule has 1 aliphatic carbocycles. The Labute approximate surface area is 107 Å². The Balaban J connectivity index is 1.93. The highest BCUT2D eigenvalue weighted by atomic mass is 32.1. The van der Waals surface area contributed by atoms with Crippen LogP contribution in [0.15, 0.2) is 0 Å². The minimum atomic E-state index is 0.609. The molecule has 0 bridgehead atoms. The van der Waals surface area contributed by atoms with Crippen LogP contribution in [0.4, 0.5) is 0 Å². The number of hydrogen-bond acceptors (Lipinski definition) is 4. The first-order chi connectivity index (χ1) is 8.18. The number of aryl methyl sites for hydroxylation is 1. The van der Waals surface area contributed by atoms with Crippen molar-refractivity contribution in [2.24, 2.45) is 7.05 Å². The molecular weight excluding hydrogens is 234 g/mol. The Morgan fingerprint density at radius 2 is 2.12 bits per heavy atom. The molecule has 1 fully saturated rings. The fourth-order valence-electron chi connectivity index (χ4n) is 2.33. The number of nitrogens with zero attached hydrogens (tertiary/aromatic N) is 5. The summed E-state index contributed by atoms with van der Waals surface area (Å²) in [5.74, 6) is 0.831. The maximum atomic E-state index is 5.48. The van der Waals surface area contributed by atoms with Gasteiger partial charge >= 0.3 is 0 Å². The molecule has 0 N–H and O–H groups in total. The van der Waals surface area contributed by atoms with Crippen LogP contribution < -0.4 is 0 Å². The summed E-state index contributed by atoms with van der Waals surface area (Å²) >= 11 is 5.48. The van der Waals surface area contributed by atoms with Gasteiger partial charge in [0.2, 0.25) is 0 Å². The van der Waals surface area contributed by atoms with Gasteiger partial charge in [-0.05, 0) is 23.3 Å². The number of rotatable bonds is 3. The van der Waals surface area contributed by atoms with Crippen LogP contribution in [0.5, 0.6) is 0 Å². The second kappa shape index (κ2) is 5.53. The third-order valence-corrected chi connectivity index (χ3v) is 3.97. The fourth-order valence-corrected chi connectivity index (χ4v) is 2.61. The van der Waals surface area contributed by atoms with E-state index in [0.29, 0.717) is 12.5 Å². The Hall–Kier alpha value is -1.04. The normalized spacial score (nSPS) is 17.1. The van der Waals surface area contributed by atoms with Crippen LogP contribution in [0.2, 0.25) is 0 Å². The molecule has 1 aromatic rings. The van der Waals surface area contributed by atoms with E-state index in [4.69, 9.17) is 12.2 Å². The highest BCUT2D eigenvalue weighted by molar-refractivity contribution is 7.80. The number of hydrogen-bond donors (Lipinski definition) is 0. The molecule has 0 atom stereocenters. The van der Waals surface area contributed by atoms with Crippen molar-refractivity contribution in [1.82, 2.24) is 25.1 Å². The number of aromatic nitrogens is 4. The summed E-state index contributed by atoms with van der Waals surface area (Å²) in [5, 5.41) is 11.4. The molecule has 0 unspecified atom stereocenters. The van der Waals surface area contributed by atoms with E-state index in [9.17, 15) is 0 Å². The fraction of sp³-hybridized carbons (Fsp3) is 0.818. The predicted octanol–water partition coefficient (Wildman–Crippen LogP) is 1.34. The summed E-state index contributed by atoms with van der Waals surface area (Å²) in [6.45, 7) is 0. The quantitative estimate of drug-likeness (QED) is 0.761. The van der Waals surface area contributed by atoms with Crippen LogP contribution in [0, 0.1) is 0 Å². The van der Waals surface area contributed by atoms with E-state index >= 15 is 0 Å². The minimum Gasteiger partial charge on any atom is -0.366 e. The summed E-state index contributed by atoms with van der Waals surface area (Å²) in [4.78, 5) is 3.18. The summed E-state index contributed by atoms with van der Waals surface area (Å²) < 4.78 is 1.68. The third-order valence-electron chi connectivity index (χ3n) is 3.53. The van der Waals surface area contributed by atoms with E-state index in [1.54, 1.807) is 4.68 Å². The van der Waals surface area contributed by atoms with Gasteiger partial charge in [0.05, 0.1) is 11.4 Å². The maximum Gasteiger partial charge on any atom is 0.157 e. The number of thiocarbonyl (C=S) groups is 1. The van der Waals surface area contributed by atoms with E-state index in [1.807, 2.05) is 7.05 Å². The summed E-state index contributed by atoms with van der Waals surface area (Å²) in [7, 11) is 3.95. The Bertz CT molecular complexity index is 383. The molecule has 2 rings (SSSR count). The molecule has 1 aromatic heterocycles. The lowest BCUT2D eigenvalue weighted by molar-refractivity contribution is 0.279. The topological polar surface area (TPSA) is 46.8 Å². The molecule has 5 nitrogen and oxygen atoms in total. The minimum absolute atomic E-state index is 0.609. The van der Waals surface area contributed by atoms with Crippen LogP contribution in [-0.4, -0.2) is 43.2 Å². The Kier molecular flexibility index (Phi) is 4.04. The zero-order valence-corrected chi connectivity index (χ0v) is 11.3. The molecule has 0 saturated heterocycles. The molecule has 0 aliphatic heterocycles. The van der Waals surface area contributed by atoms with Gasteiger partial charge in [0.15, 0.2) is 5.82 Å². The van der Waals surface area contributed by atoms with Gasteiger partial charge < -0.3 is 4.90 Å². The van der Waals surface area contributed by atoms with Crippen LogP contribution in [0.1, 0.15) is 37.9 Å². The molecule has 0 amide bonds. The molecule has 6 heteroatoms. The second-order valence-corrected chi connectivity index (χ2v) is 5.16. The van der Waals surface area contributed by atoms with Crippen LogP contribution >= 0.6 is 12.2 Å². The predicted molar refractivity (Wildman–Crippen MR) is 69.7 cm³/mol. The smallest absolute Gasteiger partial charge is 0.157 e. The molecule has 1 heterocycles. The van der Waals surface area contributed by atoms with E-state index < -0.39 is 0 Å². The summed E-state index contributed by atoms with van der Waals surface area (Å²) in [6, 6.07) is 0.609. The first kappa shape index (κ1) is 12.4. The summed E-state index contributed by atoms with van der Waals surface area (Å²) in [5.41, 5.74) is 0. The van der Waals surface area contributed by atoms with Crippen molar-refractivity contribution < 1.29 is 0 Å². The van der Waals surface area contributed by atoms with Crippen molar-refractivity contribution in [3.05, 3.63) is 5.82 Å². The lowest BCUT2D eigenvalue weighted by Gasteiger charge is -2.33. The van der Waals surface area contributed by atoms with Gasteiger partial charge in [0, 0.05) is 20.1 Å². The molecule has 1 aliphatic rings. The molecule has 17 heavy (non-hydrogen) atoms. The first-order valence-electron chi connectivity index (χ1n) is 6.15.